The lowest BCUT2D eigenvalue weighted by molar-refractivity contribution is -0.223. The fourth-order valence-corrected chi connectivity index (χ4v) is 5.53. The summed E-state index contributed by atoms with van der Waals surface area (Å²) in [5.41, 5.74) is 1.54. The third-order valence-corrected chi connectivity index (χ3v) is 7.67. The van der Waals surface area contributed by atoms with Gasteiger partial charge in [-0.25, -0.2) is 13.2 Å². The van der Waals surface area contributed by atoms with Crippen LogP contribution < -0.4 is 4.74 Å². The molecule has 0 heterocycles. The summed E-state index contributed by atoms with van der Waals surface area (Å²) in [5, 5.41) is 0. The summed E-state index contributed by atoms with van der Waals surface area (Å²) >= 11 is 0. The molecule has 0 bridgehead atoms. The average molecular weight is 493 g/mol. The Morgan fingerprint density at radius 3 is 2.29 bits per heavy atom. The quantitative estimate of drug-likeness (QED) is 0.263. The maximum Gasteiger partial charge on any atom is 0.400 e. The van der Waals surface area contributed by atoms with E-state index in [1.54, 1.807) is 0 Å². The van der Waals surface area contributed by atoms with Crippen LogP contribution in [0.1, 0.15) is 71.1 Å². The summed E-state index contributed by atoms with van der Waals surface area (Å²) in [6.07, 6.45) is 8.29. The van der Waals surface area contributed by atoms with Crippen molar-refractivity contribution in [1.82, 2.24) is 0 Å². The van der Waals surface area contributed by atoms with Gasteiger partial charge in [0, 0.05) is 11.6 Å². The topological polar surface area (TPSA) is 9.23 Å². The Labute approximate surface area is 204 Å². The highest BCUT2D eigenvalue weighted by molar-refractivity contribution is 5.65. The van der Waals surface area contributed by atoms with Crippen LogP contribution in [-0.2, 0) is 0 Å². The molecule has 1 nitrogen and oxygen atoms in total. The minimum atomic E-state index is -3.41. The van der Waals surface area contributed by atoms with Gasteiger partial charge in [0.15, 0.2) is 11.6 Å². The van der Waals surface area contributed by atoms with E-state index < -0.39 is 29.5 Å². The molecule has 0 saturated heterocycles. The number of rotatable bonds is 8. The van der Waals surface area contributed by atoms with E-state index in [1.165, 1.54) is 49.5 Å². The molecule has 2 aromatic rings. The maximum absolute atomic E-state index is 14.9. The van der Waals surface area contributed by atoms with Crippen LogP contribution in [0.25, 0.3) is 11.1 Å². The molecule has 0 N–H and O–H groups in total. The van der Waals surface area contributed by atoms with Crippen molar-refractivity contribution in [2.45, 2.75) is 77.2 Å². The summed E-state index contributed by atoms with van der Waals surface area (Å²) in [5.74, 6) is -3.05. The van der Waals surface area contributed by atoms with Crippen LogP contribution in [0.3, 0.4) is 0 Å². The summed E-state index contributed by atoms with van der Waals surface area (Å²) in [7, 11) is 0. The van der Waals surface area contributed by atoms with Gasteiger partial charge in [-0.15, -0.1) is 0 Å². The largest absolute Gasteiger partial charge is 0.432 e. The van der Waals surface area contributed by atoms with Crippen molar-refractivity contribution < 1.29 is 26.7 Å². The van der Waals surface area contributed by atoms with Crippen molar-refractivity contribution in [3.63, 3.8) is 0 Å². The van der Waals surface area contributed by atoms with Crippen molar-refractivity contribution in [2.24, 2.45) is 17.8 Å². The molecule has 0 aromatic heterocycles. The van der Waals surface area contributed by atoms with Gasteiger partial charge in [0.05, 0.1) is 5.92 Å². The molecule has 190 valence electrons. The van der Waals surface area contributed by atoms with E-state index in [0.717, 1.165) is 49.8 Å². The van der Waals surface area contributed by atoms with E-state index in [0.29, 0.717) is 18.8 Å². The van der Waals surface area contributed by atoms with Gasteiger partial charge in [0.25, 0.3) is 0 Å². The lowest BCUT2D eigenvalue weighted by Crippen LogP contribution is -2.37. The Bertz CT molecular complexity index is 1040. The van der Waals surface area contributed by atoms with Crippen molar-refractivity contribution in [1.29, 1.82) is 0 Å². The molecule has 1 saturated carbocycles. The van der Waals surface area contributed by atoms with Crippen molar-refractivity contribution in [3.05, 3.63) is 65.5 Å². The van der Waals surface area contributed by atoms with Gasteiger partial charge in [-0.3, -0.25) is 0 Å². The number of hydrogen-bond donors (Lipinski definition) is 0. The summed E-state index contributed by atoms with van der Waals surface area (Å²) in [4.78, 5) is 0. The highest BCUT2D eigenvalue weighted by Gasteiger charge is 2.44. The predicted octanol–water partition coefficient (Wildman–Crippen LogP) is 9.47. The molecule has 35 heavy (non-hydrogen) atoms. The van der Waals surface area contributed by atoms with E-state index in [2.05, 4.69) is 13.0 Å². The van der Waals surface area contributed by atoms with Crippen LogP contribution in [0.15, 0.2) is 48.0 Å². The lowest BCUT2D eigenvalue weighted by atomic mass is 9.73. The van der Waals surface area contributed by atoms with Crippen molar-refractivity contribution >= 4 is 0 Å². The first kappa shape index (κ1) is 25.7. The van der Waals surface area contributed by atoms with Crippen LogP contribution in [0.4, 0.5) is 22.0 Å². The summed E-state index contributed by atoms with van der Waals surface area (Å²) < 4.78 is 76.1. The van der Waals surface area contributed by atoms with E-state index in [4.69, 9.17) is 4.74 Å². The second-order valence-corrected chi connectivity index (χ2v) is 10.0. The Hall–Kier alpha value is -2.37. The Kier molecular flexibility index (Phi) is 8.18. The minimum Gasteiger partial charge on any atom is -0.432 e. The van der Waals surface area contributed by atoms with E-state index >= 15 is 0 Å². The number of ether oxygens (including phenoxy) is 1. The van der Waals surface area contributed by atoms with Gasteiger partial charge in [-0.1, -0.05) is 43.9 Å². The zero-order valence-electron chi connectivity index (χ0n) is 20.1. The Balaban J connectivity index is 1.34. The van der Waals surface area contributed by atoms with E-state index in [-0.39, 0.29) is 16.9 Å². The number of unbranched alkanes of at least 4 members (excludes halogenated alkanes) is 1. The molecule has 0 aliphatic heterocycles. The fourth-order valence-electron chi connectivity index (χ4n) is 5.53. The van der Waals surface area contributed by atoms with Crippen LogP contribution >= 0.6 is 0 Å². The van der Waals surface area contributed by atoms with Gasteiger partial charge >= 0.3 is 6.11 Å². The molecular weight excluding hydrogens is 459 g/mol. The van der Waals surface area contributed by atoms with Crippen LogP contribution in [0.2, 0.25) is 0 Å². The lowest BCUT2D eigenvalue weighted by Gasteiger charge is -2.35. The first-order chi connectivity index (χ1) is 16.8. The predicted molar refractivity (Wildman–Crippen MR) is 128 cm³/mol. The molecule has 0 radical (unpaired) electrons. The minimum absolute atomic E-state index is 0.0160. The zero-order chi connectivity index (χ0) is 25.0. The van der Waals surface area contributed by atoms with Crippen molar-refractivity contribution in [3.8, 4) is 16.9 Å². The van der Waals surface area contributed by atoms with Crippen molar-refractivity contribution in [2.75, 3.05) is 0 Å². The zero-order valence-corrected chi connectivity index (χ0v) is 20.1. The Morgan fingerprint density at radius 1 is 0.886 bits per heavy atom. The smallest absolute Gasteiger partial charge is 0.400 e. The molecule has 0 amide bonds. The molecule has 1 unspecified atom stereocenters. The van der Waals surface area contributed by atoms with Gasteiger partial charge in [0.2, 0.25) is 0 Å². The first-order valence-electron chi connectivity index (χ1n) is 12.8. The van der Waals surface area contributed by atoms with Gasteiger partial charge in [0.1, 0.15) is 11.6 Å². The standard InChI is InChI=1S/C29H33F5O/c1-2-3-4-19-5-7-20(8-6-19)21-9-12-23(13-10-21)29(33,34)35-24-14-15-25(27(31)18-24)22-11-16-26(30)28(32)17-22/h7,11,14-19,21,23H,2-6,8-10,12-13H2,1H3. The van der Waals surface area contributed by atoms with Gasteiger partial charge in [-0.05, 0) is 86.6 Å². The first-order valence-corrected chi connectivity index (χ1v) is 12.8. The van der Waals surface area contributed by atoms with Crippen LogP contribution in [0.5, 0.6) is 5.75 Å². The third-order valence-electron chi connectivity index (χ3n) is 7.67. The highest BCUT2D eigenvalue weighted by atomic mass is 19.3. The number of alkyl halides is 2. The molecule has 2 aliphatic rings. The average Bonchev–Trinajstić information content (AvgIpc) is 2.85. The maximum atomic E-state index is 14.9. The molecule has 1 fully saturated rings. The summed E-state index contributed by atoms with van der Waals surface area (Å²) in [6, 6.07) is 6.35. The van der Waals surface area contributed by atoms with Crippen LogP contribution in [-0.4, -0.2) is 6.11 Å². The SMILES string of the molecule is CCCCC1CC=C(C2CCC(C(F)(F)Oc3ccc(-c4ccc(F)c(F)c4)c(F)c3)CC2)CC1. The second kappa shape index (κ2) is 11.1. The van der Waals surface area contributed by atoms with E-state index in [1.807, 2.05) is 0 Å². The molecule has 4 rings (SSSR count). The second-order valence-electron chi connectivity index (χ2n) is 10.0. The molecule has 6 heteroatoms. The van der Waals surface area contributed by atoms with Gasteiger partial charge in [-0.2, -0.15) is 8.78 Å². The number of allylic oxidation sites excluding steroid dienone is 2. The third kappa shape index (κ3) is 6.25. The highest BCUT2D eigenvalue weighted by Crippen LogP contribution is 2.44. The summed E-state index contributed by atoms with van der Waals surface area (Å²) in [6.45, 7) is 2.21. The normalized spacial score (nSPS) is 23.1. The number of hydrogen-bond acceptors (Lipinski definition) is 1. The van der Waals surface area contributed by atoms with Gasteiger partial charge < -0.3 is 4.74 Å². The molecule has 1 atom stereocenters. The fraction of sp³-hybridized carbons (Fsp3) is 0.517. The van der Waals surface area contributed by atoms with E-state index in [9.17, 15) is 22.0 Å². The molecule has 0 spiro atoms. The molecule has 2 aliphatic carbocycles. The number of halogens is 5. The number of benzene rings is 2. The Morgan fingerprint density at radius 2 is 1.66 bits per heavy atom. The molecular formula is C29H33F5O. The van der Waals surface area contributed by atoms with Crippen LogP contribution in [0, 0.1) is 35.2 Å². The monoisotopic (exact) mass is 492 g/mol. The molecule has 2 aromatic carbocycles.